The Morgan fingerprint density at radius 3 is 2.68 bits per heavy atom. The van der Waals surface area contributed by atoms with Gasteiger partial charge >= 0.3 is 0 Å². The first-order valence-electron chi connectivity index (χ1n) is 7.16. The fraction of sp³-hybridized carbons (Fsp3) is 0.438. The Balaban J connectivity index is 1.64. The molecule has 0 atom stereocenters. The van der Waals surface area contributed by atoms with Crippen molar-refractivity contribution < 1.29 is 4.79 Å². The van der Waals surface area contributed by atoms with Crippen LogP contribution in [0.2, 0.25) is 0 Å². The highest BCUT2D eigenvalue weighted by Crippen LogP contribution is 2.16. The predicted octanol–water partition coefficient (Wildman–Crippen LogP) is 3.04. The number of hydrogen-bond donors (Lipinski definition) is 0. The van der Waals surface area contributed by atoms with Crippen LogP contribution in [-0.4, -0.2) is 28.5 Å². The lowest BCUT2D eigenvalue weighted by molar-refractivity contribution is -0.132. The van der Waals surface area contributed by atoms with Gasteiger partial charge in [-0.2, -0.15) is 0 Å². The van der Waals surface area contributed by atoms with E-state index in [1.54, 1.807) is 0 Å². The fourth-order valence-corrected chi connectivity index (χ4v) is 2.85. The van der Waals surface area contributed by atoms with Gasteiger partial charge in [0.2, 0.25) is 5.91 Å². The van der Waals surface area contributed by atoms with E-state index in [0.29, 0.717) is 12.3 Å². The van der Waals surface area contributed by atoms with Crippen molar-refractivity contribution in [1.82, 2.24) is 9.47 Å². The topological polar surface area (TPSA) is 25.2 Å². The molecule has 0 saturated carbocycles. The van der Waals surface area contributed by atoms with Gasteiger partial charge in [0.05, 0.1) is 0 Å². The summed E-state index contributed by atoms with van der Waals surface area (Å²) in [6.45, 7) is 2.68. The summed E-state index contributed by atoms with van der Waals surface area (Å²) in [5.41, 5.74) is 1.22. The maximum Gasteiger partial charge on any atom is 0.224 e. The van der Waals surface area contributed by atoms with E-state index in [1.807, 2.05) is 17.0 Å². The highest BCUT2D eigenvalue weighted by atomic mass is 16.2. The van der Waals surface area contributed by atoms with Crippen LogP contribution in [-0.2, 0) is 11.3 Å². The first-order valence-corrected chi connectivity index (χ1v) is 7.16. The molecule has 3 heteroatoms. The van der Waals surface area contributed by atoms with Crippen molar-refractivity contribution in [2.75, 3.05) is 13.1 Å². The lowest BCUT2D eigenvalue weighted by atomic mass is 10.1. The van der Waals surface area contributed by atoms with Gasteiger partial charge in [-0.05, 0) is 36.8 Å². The molecule has 2 heterocycles. The Kier molecular flexibility index (Phi) is 3.53. The molecule has 3 rings (SSSR count). The molecule has 1 aliphatic heterocycles. The first-order chi connectivity index (χ1) is 9.34. The summed E-state index contributed by atoms with van der Waals surface area (Å²) in [7, 11) is 0. The standard InChI is InChI=1S/C16H20N2O/c19-16(18-10-4-1-5-11-18)9-13-17-12-8-14-6-2-3-7-15(14)17/h2-3,6-8,12H,1,4-5,9-11,13H2. The highest BCUT2D eigenvalue weighted by molar-refractivity contribution is 5.80. The van der Waals surface area contributed by atoms with Gasteiger partial charge in [0.1, 0.15) is 0 Å². The molecular weight excluding hydrogens is 236 g/mol. The Labute approximate surface area is 113 Å². The quantitative estimate of drug-likeness (QED) is 0.828. The number of hydrogen-bond acceptors (Lipinski definition) is 1. The minimum atomic E-state index is 0.303. The number of aryl methyl sites for hydroxylation is 1. The summed E-state index contributed by atoms with van der Waals surface area (Å²) in [6.07, 6.45) is 6.29. The number of carbonyl (C=O) groups excluding carboxylic acids is 1. The molecule has 1 fully saturated rings. The van der Waals surface area contributed by atoms with Crippen molar-refractivity contribution in [3.8, 4) is 0 Å². The van der Waals surface area contributed by atoms with E-state index >= 15 is 0 Å². The number of carbonyl (C=O) groups is 1. The largest absolute Gasteiger partial charge is 0.347 e. The molecule has 1 aliphatic rings. The molecular formula is C16H20N2O. The summed E-state index contributed by atoms with van der Waals surface area (Å²) < 4.78 is 2.18. The summed E-state index contributed by atoms with van der Waals surface area (Å²) in [4.78, 5) is 14.2. The van der Waals surface area contributed by atoms with Crippen LogP contribution in [0.15, 0.2) is 36.5 Å². The molecule has 100 valence electrons. The molecule has 0 unspecified atom stereocenters. The SMILES string of the molecule is O=C(CCn1ccc2ccccc21)N1CCCCC1. The van der Waals surface area contributed by atoms with E-state index in [1.165, 1.54) is 17.3 Å². The lowest BCUT2D eigenvalue weighted by Crippen LogP contribution is -2.35. The molecule has 0 spiro atoms. The van der Waals surface area contributed by atoms with Gasteiger partial charge in [0.15, 0.2) is 0 Å². The number of rotatable bonds is 3. The third kappa shape index (κ3) is 2.65. The van der Waals surface area contributed by atoms with Crippen molar-refractivity contribution in [3.63, 3.8) is 0 Å². The molecule has 0 bridgehead atoms. The van der Waals surface area contributed by atoms with Gasteiger partial charge in [-0.1, -0.05) is 18.2 Å². The summed E-state index contributed by atoms with van der Waals surface area (Å²) in [6, 6.07) is 10.4. The predicted molar refractivity (Wildman–Crippen MR) is 77.0 cm³/mol. The minimum Gasteiger partial charge on any atom is -0.347 e. The number of nitrogens with zero attached hydrogens (tertiary/aromatic N) is 2. The van der Waals surface area contributed by atoms with Crippen LogP contribution in [0, 0.1) is 0 Å². The number of fused-ring (bicyclic) bond motifs is 1. The van der Waals surface area contributed by atoms with Gasteiger partial charge < -0.3 is 9.47 Å². The maximum absolute atomic E-state index is 12.1. The summed E-state index contributed by atoms with van der Waals surface area (Å²) >= 11 is 0. The maximum atomic E-state index is 12.1. The first kappa shape index (κ1) is 12.3. The van der Waals surface area contributed by atoms with Crippen LogP contribution in [0.5, 0.6) is 0 Å². The number of likely N-dealkylation sites (tertiary alicyclic amines) is 1. The molecule has 1 saturated heterocycles. The monoisotopic (exact) mass is 256 g/mol. The Morgan fingerprint density at radius 1 is 1.05 bits per heavy atom. The molecule has 0 N–H and O–H groups in total. The number of benzene rings is 1. The van der Waals surface area contributed by atoms with Crippen molar-refractivity contribution in [1.29, 1.82) is 0 Å². The van der Waals surface area contributed by atoms with Crippen molar-refractivity contribution in [3.05, 3.63) is 36.5 Å². The van der Waals surface area contributed by atoms with Gasteiger partial charge in [-0.3, -0.25) is 4.79 Å². The summed E-state index contributed by atoms with van der Waals surface area (Å²) in [5, 5.41) is 1.24. The molecule has 19 heavy (non-hydrogen) atoms. The van der Waals surface area contributed by atoms with Crippen LogP contribution in [0.1, 0.15) is 25.7 Å². The second kappa shape index (κ2) is 5.47. The third-order valence-electron chi connectivity index (χ3n) is 3.96. The molecule has 1 aromatic carbocycles. The normalized spacial score (nSPS) is 15.9. The van der Waals surface area contributed by atoms with Crippen molar-refractivity contribution >= 4 is 16.8 Å². The Morgan fingerprint density at radius 2 is 1.84 bits per heavy atom. The molecule has 1 aromatic heterocycles. The fourth-order valence-electron chi connectivity index (χ4n) is 2.85. The van der Waals surface area contributed by atoms with E-state index in [4.69, 9.17) is 0 Å². The van der Waals surface area contributed by atoms with Crippen molar-refractivity contribution in [2.45, 2.75) is 32.2 Å². The second-order valence-corrected chi connectivity index (χ2v) is 5.26. The van der Waals surface area contributed by atoms with Crippen LogP contribution in [0.4, 0.5) is 0 Å². The number of para-hydroxylation sites is 1. The molecule has 3 nitrogen and oxygen atoms in total. The van der Waals surface area contributed by atoms with E-state index in [-0.39, 0.29) is 0 Å². The third-order valence-corrected chi connectivity index (χ3v) is 3.96. The van der Waals surface area contributed by atoms with E-state index in [0.717, 1.165) is 32.5 Å². The average molecular weight is 256 g/mol. The highest BCUT2D eigenvalue weighted by Gasteiger charge is 2.16. The van der Waals surface area contributed by atoms with Gasteiger partial charge in [-0.25, -0.2) is 0 Å². The smallest absolute Gasteiger partial charge is 0.224 e. The van der Waals surface area contributed by atoms with Gasteiger partial charge in [-0.15, -0.1) is 0 Å². The van der Waals surface area contributed by atoms with Crippen LogP contribution < -0.4 is 0 Å². The van der Waals surface area contributed by atoms with Crippen molar-refractivity contribution in [2.24, 2.45) is 0 Å². The zero-order valence-electron chi connectivity index (χ0n) is 11.2. The zero-order valence-corrected chi connectivity index (χ0v) is 11.2. The van der Waals surface area contributed by atoms with Gasteiger partial charge in [0.25, 0.3) is 0 Å². The van der Waals surface area contributed by atoms with Gasteiger partial charge in [0, 0.05) is 37.8 Å². The van der Waals surface area contributed by atoms with Crippen LogP contribution >= 0.6 is 0 Å². The van der Waals surface area contributed by atoms with E-state index in [2.05, 4.69) is 29.0 Å². The zero-order chi connectivity index (χ0) is 13.1. The van der Waals surface area contributed by atoms with E-state index in [9.17, 15) is 4.79 Å². The second-order valence-electron chi connectivity index (χ2n) is 5.26. The summed E-state index contributed by atoms with van der Waals surface area (Å²) in [5.74, 6) is 0.303. The van der Waals surface area contributed by atoms with Crippen LogP contribution in [0.3, 0.4) is 0 Å². The number of piperidine rings is 1. The van der Waals surface area contributed by atoms with E-state index < -0.39 is 0 Å². The molecule has 2 aromatic rings. The molecule has 0 aliphatic carbocycles. The van der Waals surface area contributed by atoms with Crippen LogP contribution in [0.25, 0.3) is 10.9 Å². The minimum absolute atomic E-state index is 0.303. The molecule has 1 amide bonds. The number of aromatic nitrogens is 1. The lowest BCUT2D eigenvalue weighted by Gasteiger charge is -2.26. The Hall–Kier alpha value is -1.77. The average Bonchev–Trinajstić information content (AvgIpc) is 2.89. The number of amides is 1. The Bertz CT molecular complexity index is 567. The molecule has 0 radical (unpaired) electrons.